The number of aryl methyl sites for hydroxylation is 1. The number of ether oxygens (including phenoxy) is 1. The van der Waals surface area contributed by atoms with E-state index in [0.29, 0.717) is 23.0 Å². The molecule has 106 valence electrons. The molecule has 3 aromatic rings. The van der Waals surface area contributed by atoms with Crippen molar-refractivity contribution in [2.24, 2.45) is 0 Å². The van der Waals surface area contributed by atoms with Crippen LogP contribution in [-0.2, 0) is 0 Å². The van der Waals surface area contributed by atoms with Crippen molar-refractivity contribution in [2.75, 3.05) is 7.11 Å². The third-order valence-electron chi connectivity index (χ3n) is 3.13. The Kier molecular flexibility index (Phi) is 3.31. The predicted molar refractivity (Wildman–Crippen MR) is 78.1 cm³/mol. The Labute approximate surface area is 121 Å². The quantitative estimate of drug-likeness (QED) is 0.797. The molecule has 0 spiro atoms. The first-order valence-electron chi connectivity index (χ1n) is 6.45. The molecule has 0 radical (unpaired) electrons. The van der Waals surface area contributed by atoms with E-state index in [1.165, 1.54) is 13.2 Å². The van der Waals surface area contributed by atoms with E-state index in [4.69, 9.17) is 9.26 Å². The summed E-state index contributed by atoms with van der Waals surface area (Å²) in [6.07, 6.45) is 0. The SMILES string of the molecule is COc1cc(-c2nc(-c3cccc(C)c3)no2)ccc1O. The topological polar surface area (TPSA) is 68.4 Å². The fourth-order valence-electron chi connectivity index (χ4n) is 2.05. The standard InChI is InChI=1S/C16H14N2O3/c1-10-4-3-5-11(8-10)15-17-16(21-18-15)12-6-7-13(19)14(9-12)20-2/h3-9,19H,1-2H3. The van der Waals surface area contributed by atoms with Crippen molar-refractivity contribution in [3.8, 4) is 34.3 Å². The van der Waals surface area contributed by atoms with Crippen LogP contribution in [0.4, 0.5) is 0 Å². The number of benzene rings is 2. The molecule has 0 amide bonds. The van der Waals surface area contributed by atoms with Gasteiger partial charge < -0.3 is 14.4 Å². The lowest BCUT2D eigenvalue weighted by molar-refractivity contribution is 0.373. The molecule has 0 fully saturated rings. The zero-order valence-electron chi connectivity index (χ0n) is 11.7. The van der Waals surface area contributed by atoms with Crippen molar-refractivity contribution in [3.63, 3.8) is 0 Å². The third kappa shape index (κ3) is 2.58. The van der Waals surface area contributed by atoms with Crippen LogP contribution >= 0.6 is 0 Å². The minimum absolute atomic E-state index is 0.0691. The van der Waals surface area contributed by atoms with Crippen LogP contribution in [0.3, 0.4) is 0 Å². The second kappa shape index (κ2) is 5.28. The highest BCUT2D eigenvalue weighted by molar-refractivity contribution is 5.63. The van der Waals surface area contributed by atoms with Crippen LogP contribution in [0.15, 0.2) is 47.0 Å². The van der Waals surface area contributed by atoms with Gasteiger partial charge in [-0.05, 0) is 31.2 Å². The number of hydrogen-bond donors (Lipinski definition) is 1. The molecule has 0 unspecified atom stereocenters. The largest absolute Gasteiger partial charge is 0.504 e. The van der Waals surface area contributed by atoms with Crippen molar-refractivity contribution in [2.45, 2.75) is 6.92 Å². The molecule has 0 saturated carbocycles. The van der Waals surface area contributed by atoms with Gasteiger partial charge in [-0.25, -0.2) is 0 Å². The van der Waals surface area contributed by atoms with Crippen LogP contribution in [0, 0.1) is 6.92 Å². The highest BCUT2D eigenvalue weighted by atomic mass is 16.5. The van der Waals surface area contributed by atoms with E-state index >= 15 is 0 Å². The Bertz CT molecular complexity index is 781. The van der Waals surface area contributed by atoms with E-state index < -0.39 is 0 Å². The molecule has 0 atom stereocenters. The zero-order chi connectivity index (χ0) is 14.8. The Balaban J connectivity index is 1.98. The maximum atomic E-state index is 9.60. The van der Waals surface area contributed by atoms with Crippen LogP contribution in [-0.4, -0.2) is 22.4 Å². The van der Waals surface area contributed by atoms with Gasteiger partial charge in [-0.3, -0.25) is 0 Å². The number of hydrogen-bond acceptors (Lipinski definition) is 5. The van der Waals surface area contributed by atoms with E-state index in [0.717, 1.165) is 11.1 Å². The average Bonchev–Trinajstić information content (AvgIpc) is 2.97. The van der Waals surface area contributed by atoms with Crippen molar-refractivity contribution in [3.05, 3.63) is 48.0 Å². The van der Waals surface area contributed by atoms with Crippen molar-refractivity contribution in [1.82, 2.24) is 10.1 Å². The van der Waals surface area contributed by atoms with E-state index in [1.54, 1.807) is 12.1 Å². The first kappa shape index (κ1) is 13.2. The summed E-state index contributed by atoms with van der Waals surface area (Å²) < 4.78 is 10.4. The summed E-state index contributed by atoms with van der Waals surface area (Å²) in [5.74, 6) is 1.34. The average molecular weight is 282 g/mol. The summed E-state index contributed by atoms with van der Waals surface area (Å²) in [5, 5.41) is 13.6. The van der Waals surface area contributed by atoms with Crippen LogP contribution in [0.25, 0.3) is 22.8 Å². The summed E-state index contributed by atoms with van der Waals surface area (Å²) in [4.78, 5) is 4.38. The molecule has 0 bridgehead atoms. The van der Waals surface area contributed by atoms with Crippen molar-refractivity contribution >= 4 is 0 Å². The molecule has 5 heteroatoms. The fraction of sp³-hybridized carbons (Fsp3) is 0.125. The lowest BCUT2D eigenvalue weighted by atomic mass is 10.1. The van der Waals surface area contributed by atoms with Crippen LogP contribution in [0.5, 0.6) is 11.5 Å². The van der Waals surface area contributed by atoms with Gasteiger partial charge in [-0.15, -0.1) is 0 Å². The van der Waals surface area contributed by atoms with Gasteiger partial charge in [-0.2, -0.15) is 4.98 Å². The van der Waals surface area contributed by atoms with Gasteiger partial charge in [0.1, 0.15) is 0 Å². The molecule has 2 aromatic carbocycles. The number of aromatic nitrogens is 2. The van der Waals surface area contributed by atoms with E-state index in [9.17, 15) is 5.11 Å². The molecular weight excluding hydrogens is 268 g/mol. The van der Waals surface area contributed by atoms with Crippen LogP contribution < -0.4 is 4.74 Å². The number of aromatic hydroxyl groups is 1. The lowest BCUT2D eigenvalue weighted by Gasteiger charge is -2.03. The van der Waals surface area contributed by atoms with Gasteiger partial charge in [0.25, 0.3) is 5.89 Å². The van der Waals surface area contributed by atoms with Crippen LogP contribution in [0.2, 0.25) is 0 Å². The Morgan fingerprint density at radius 1 is 1.10 bits per heavy atom. The molecule has 5 nitrogen and oxygen atoms in total. The minimum atomic E-state index is 0.0691. The van der Waals surface area contributed by atoms with E-state index in [2.05, 4.69) is 10.1 Å². The Morgan fingerprint density at radius 3 is 2.71 bits per heavy atom. The van der Waals surface area contributed by atoms with E-state index in [1.807, 2.05) is 31.2 Å². The maximum Gasteiger partial charge on any atom is 0.258 e. The summed E-state index contributed by atoms with van der Waals surface area (Å²) in [7, 11) is 1.49. The molecule has 1 N–H and O–H groups in total. The monoisotopic (exact) mass is 282 g/mol. The number of nitrogens with zero attached hydrogens (tertiary/aromatic N) is 2. The first-order valence-corrected chi connectivity index (χ1v) is 6.45. The van der Waals surface area contributed by atoms with Gasteiger partial charge in [0.15, 0.2) is 11.5 Å². The molecule has 3 rings (SSSR count). The predicted octanol–water partition coefficient (Wildman–Crippen LogP) is 3.43. The number of methoxy groups -OCH3 is 1. The fourth-order valence-corrected chi connectivity index (χ4v) is 2.05. The molecule has 1 aromatic heterocycles. The Morgan fingerprint density at radius 2 is 1.95 bits per heavy atom. The zero-order valence-corrected chi connectivity index (χ0v) is 11.7. The third-order valence-corrected chi connectivity index (χ3v) is 3.13. The van der Waals surface area contributed by atoms with Crippen LogP contribution in [0.1, 0.15) is 5.56 Å². The summed E-state index contributed by atoms with van der Waals surface area (Å²) in [5.41, 5.74) is 2.72. The highest BCUT2D eigenvalue weighted by Crippen LogP contribution is 2.31. The van der Waals surface area contributed by atoms with E-state index in [-0.39, 0.29) is 5.75 Å². The molecule has 1 heterocycles. The second-order valence-electron chi connectivity index (χ2n) is 4.68. The molecular formula is C16H14N2O3. The second-order valence-corrected chi connectivity index (χ2v) is 4.68. The highest BCUT2D eigenvalue weighted by Gasteiger charge is 2.12. The molecule has 0 saturated heterocycles. The summed E-state index contributed by atoms with van der Waals surface area (Å²) in [6, 6.07) is 12.8. The molecule has 21 heavy (non-hydrogen) atoms. The van der Waals surface area contributed by atoms with Gasteiger partial charge in [0, 0.05) is 11.1 Å². The smallest absolute Gasteiger partial charge is 0.258 e. The summed E-state index contributed by atoms with van der Waals surface area (Å²) >= 11 is 0. The Hall–Kier alpha value is -2.82. The van der Waals surface area contributed by atoms with Gasteiger partial charge in [0.05, 0.1) is 7.11 Å². The maximum absolute atomic E-state index is 9.60. The number of rotatable bonds is 3. The lowest BCUT2D eigenvalue weighted by Crippen LogP contribution is -1.86. The van der Waals surface area contributed by atoms with Gasteiger partial charge >= 0.3 is 0 Å². The summed E-state index contributed by atoms with van der Waals surface area (Å²) in [6.45, 7) is 2.01. The van der Waals surface area contributed by atoms with Gasteiger partial charge in [0.2, 0.25) is 5.82 Å². The normalized spacial score (nSPS) is 10.6. The molecule has 0 aliphatic carbocycles. The first-order chi connectivity index (χ1) is 10.2. The van der Waals surface area contributed by atoms with Gasteiger partial charge in [-0.1, -0.05) is 28.9 Å². The van der Waals surface area contributed by atoms with Crippen molar-refractivity contribution < 1.29 is 14.4 Å². The number of phenolic OH excluding ortho intramolecular Hbond substituents is 1. The number of phenols is 1. The molecule has 0 aliphatic heterocycles. The van der Waals surface area contributed by atoms with Crippen molar-refractivity contribution in [1.29, 1.82) is 0 Å². The molecule has 0 aliphatic rings. The minimum Gasteiger partial charge on any atom is -0.504 e.